The fourth-order valence-corrected chi connectivity index (χ4v) is 2.95. The molecule has 0 unspecified atom stereocenters. The van der Waals surface area contributed by atoms with Crippen molar-refractivity contribution in [2.75, 3.05) is 14.2 Å². The highest BCUT2D eigenvalue weighted by Gasteiger charge is 2.16. The van der Waals surface area contributed by atoms with Crippen molar-refractivity contribution in [2.45, 2.75) is 10.6 Å². The fraction of sp³-hybridized carbons (Fsp3) is 0.188. The van der Waals surface area contributed by atoms with E-state index < -0.39 is 5.97 Å². The number of aromatic carboxylic acids is 1. The Kier molecular flexibility index (Phi) is 5.11. The first-order valence-corrected chi connectivity index (χ1v) is 7.30. The zero-order chi connectivity index (χ0) is 15.2. The van der Waals surface area contributed by atoms with E-state index in [9.17, 15) is 4.79 Å². The number of hydrogen-bond donors (Lipinski definition) is 1. The van der Waals surface area contributed by atoms with E-state index in [-0.39, 0.29) is 5.56 Å². The molecule has 0 aliphatic rings. The van der Waals surface area contributed by atoms with Crippen molar-refractivity contribution in [3.05, 3.63) is 53.6 Å². The monoisotopic (exact) mass is 304 g/mol. The van der Waals surface area contributed by atoms with Crippen molar-refractivity contribution >= 4 is 17.7 Å². The third kappa shape index (κ3) is 3.70. The van der Waals surface area contributed by atoms with Gasteiger partial charge in [-0.25, -0.2) is 4.79 Å². The summed E-state index contributed by atoms with van der Waals surface area (Å²) < 4.78 is 10.6. The lowest BCUT2D eigenvalue weighted by Crippen LogP contribution is -2.00. The van der Waals surface area contributed by atoms with Crippen molar-refractivity contribution in [1.29, 1.82) is 0 Å². The number of rotatable bonds is 6. The molecule has 21 heavy (non-hydrogen) atoms. The molecule has 110 valence electrons. The second kappa shape index (κ2) is 7.04. The average molecular weight is 304 g/mol. The Morgan fingerprint density at radius 2 is 1.67 bits per heavy atom. The lowest BCUT2D eigenvalue weighted by atomic mass is 10.2. The molecule has 2 aromatic rings. The van der Waals surface area contributed by atoms with Gasteiger partial charge in [0.1, 0.15) is 11.5 Å². The lowest BCUT2D eigenvalue weighted by molar-refractivity contribution is 0.0696. The van der Waals surface area contributed by atoms with Gasteiger partial charge < -0.3 is 14.6 Å². The zero-order valence-corrected chi connectivity index (χ0v) is 12.6. The zero-order valence-electron chi connectivity index (χ0n) is 11.8. The first-order chi connectivity index (χ1) is 10.2. The summed E-state index contributed by atoms with van der Waals surface area (Å²) in [6.45, 7) is 0. The molecule has 2 rings (SSSR count). The van der Waals surface area contributed by atoms with Crippen LogP contribution in [0.4, 0.5) is 0 Å². The highest BCUT2D eigenvalue weighted by Crippen LogP contribution is 2.40. The van der Waals surface area contributed by atoms with E-state index in [1.54, 1.807) is 11.8 Å². The smallest absolute Gasteiger partial charge is 0.335 e. The summed E-state index contributed by atoms with van der Waals surface area (Å²) in [5.41, 5.74) is 1.32. The van der Waals surface area contributed by atoms with E-state index in [0.29, 0.717) is 11.5 Å². The fourth-order valence-electron chi connectivity index (χ4n) is 1.88. The van der Waals surface area contributed by atoms with Gasteiger partial charge in [-0.3, -0.25) is 0 Å². The van der Waals surface area contributed by atoms with E-state index in [0.717, 1.165) is 10.6 Å². The van der Waals surface area contributed by atoms with Crippen LogP contribution >= 0.6 is 11.8 Å². The van der Waals surface area contributed by atoms with Crippen LogP contribution in [0.5, 0.6) is 11.5 Å². The van der Waals surface area contributed by atoms with E-state index in [2.05, 4.69) is 0 Å². The maximum atomic E-state index is 11.1. The summed E-state index contributed by atoms with van der Waals surface area (Å²) in [6.07, 6.45) is 0. The molecule has 5 heteroatoms. The van der Waals surface area contributed by atoms with Gasteiger partial charge in [0.15, 0.2) is 0 Å². The SMILES string of the molecule is COc1cc(C(=O)O)cc(OC)c1SCc1ccccc1. The molecule has 0 aliphatic carbocycles. The van der Waals surface area contributed by atoms with Gasteiger partial charge in [0.25, 0.3) is 0 Å². The third-order valence-electron chi connectivity index (χ3n) is 2.93. The van der Waals surface area contributed by atoms with Gasteiger partial charge in [0.2, 0.25) is 0 Å². The summed E-state index contributed by atoms with van der Waals surface area (Å²) in [5.74, 6) is 0.756. The normalized spacial score (nSPS) is 10.2. The van der Waals surface area contributed by atoms with Crippen LogP contribution in [0.2, 0.25) is 0 Å². The Bertz CT molecular complexity index is 600. The second-order valence-electron chi connectivity index (χ2n) is 4.29. The van der Waals surface area contributed by atoms with Gasteiger partial charge in [-0.05, 0) is 17.7 Å². The molecule has 0 heterocycles. The summed E-state index contributed by atoms with van der Waals surface area (Å²) >= 11 is 1.55. The second-order valence-corrected chi connectivity index (χ2v) is 5.27. The van der Waals surface area contributed by atoms with Crippen molar-refractivity contribution in [2.24, 2.45) is 0 Å². The van der Waals surface area contributed by atoms with Crippen LogP contribution in [-0.2, 0) is 5.75 Å². The number of carboxylic acids is 1. The standard InChI is InChI=1S/C16H16O4S/c1-19-13-8-12(16(17)18)9-14(20-2)15(13)21-10-11-6-4-3-5-7-11/h3-9H,10H2,1-2H3,(H,17,18). The molecule has 0 fully saturated rings. The molecule has 0 amide bonds. The van der Waals surface area contributed by atoms with Crippen LogP contribution in [0, 0.1) is 0 Å². The highest BCUT2D eigenvalue weighted by atomic mass is 32.2. The summed E-state index contributed by atoms with van der Waals surface area (Å²) in [4.78, 5) is 11.9. The van der Waals surface area contributed by atoms with Crippen LogP contribution in [0.3, 0.4) is 0 Å². The maximum Gasteiger partial charge on any atom is 0.335 e. The quantitative estimate of drug-likeness (QED) is 0.825. The predicted octanol–water partition coefficient (Wildman–Crippen LogP) is 3.69. The minimum Gasteiger partial charge on any atom is -0.495 e. The third-order valence-corrected chi connectivity index (χ3v) is 4.10. The molecule has 0 atom stereocenters. The minimum absolute atomic E-state index is 0.146. The van der Waals surface area contributed by atoms with E-state index in [1.807, 2.05) is 30.3 Å². The number of benzene rings is 2. The Labute approximate surface area is 127 Å². The van der Waals surface area contributed by atoms with E-state index in [1.165, 1.54) is 31.9 Å². The predicted molar refractivity (Wildman–Crippen MR) is 82.5 cm³/mol. The van der Waals surface area contributed by atoms with Crippen molar-refractivity contribution in [1.82, 2.24) is 0 Å². The van der Waals surface area contributed by atoms with Gasteiger partial charge in [-0.1, -0.05) is 30.3 Å². The molecule has 0 aliphatic heterocycles. The highest BCUT2D eigenvalue weighted by molar-refractivity contribution is 7.98. The van der Waals surface area contributed by atoms with Crippen LogP contribution in [0.25, 0.3) is 0 Å². The average Bonchev–Trinajstić information content (AvgIpc) is 2.52. The van der Waals surface area contributed by atoms with Crippen molar-refractivity contribution < 1.29 is 19.4 Å². The molecular formula is C16H16O4S. The number of carbonyl (C=O) groups is 1. The number of carboxylic acid groups (broad SMARTS) is 1. The molecule has 0 aromatic heterocycles. The van der Waals surface area contributed by atoms with Gasteiger partial charge in [0, 0.05) is 5.75 Å². The van der Waals surface area contributed by atoms with Crippen LogP contribution in [-0.4, -0.2) is 25.3 Å². The first kappa shape index (κ1) is 15.3. The Morgan fingerprint density at radius 1 is 1.10 bits per heavy atom. The molecule has 2 aromatic carbocycles. The summed E-state index contributed by atoms with van der Waals surface area (Å²) in [5, 5.41) is 9.11. The van der Waals surface area contributed by atoms with E-state index in [4.69, 9.17) is 14.6 Å². The van der Waals surface area contributed by atoms with E-state index >= 15 is 0 Å². The van der Waals surface area contributed by atoms with Gasteiger partial charge >= 0.3 is 5.97 Å². The van der Waals surface area contributed by atoms with Crippen molar-refractivity contribution in [3.8, 4) is 11.5 Å². The number of thioether (sulfide) groups is 1. The maximum absolute atomic E-state index is 11.1. The number of hydrogen-bond acceptors (Lipinski definition) is 4. The van der Waals surface area contributed by atoms with Crippen LogP contribution < -0.4 is 9.47 Å². The van der Waals surface area contributed by atoms with Crippen LogP contribution in [0.1, 0.15) is 15.9 Å². The topological polar surface area (TPSA) is 55.8 Å². The molecule has 0 saturated heterocycles. The molecule has 0 radical (unpaired) electrons. The lowest BCUT2D eigenvalue weighted by Gasteiger charge is -2.14. The first-order valence-electron chi connectivity index (χ1n) is 6.31. The Balaban J connectivity index is 2.31. The molecule has 1 N–H and O–H groups in total. The molecule has 0 spiro atoms. The number of methoxy groups -OCH3 is 2. The summed E-state index contributed by atoms with van der Waals surface area (Å²) in [7, 11) is 3.04. The molecule has 0 bridgehead atoms. The minimum atomic E-state index is -1.01. The molecule has 0 saturated carbocycles. The Hall–Kier alpha value is -2.14. The molecular weight excluding hydrogens is 288 g/mol. The summed E-state index contributed by atoms with van der Waals surface area (Å²) in [6, 6.07) is 13.0. The number of ether oxygens (including phenoxy) is 2. The van der Waals surface area contributed by atoms with Gasteiger partial charge in [-0.15, -0.1) is 11.8 Å². The Morgan fingerprint density at radius 3 is 2.14 bits per heavy atom. The largest absolute Gasteiger partial charge is 0.495 e. The molecule has 4 nitrogen and oxygen atoms in total. The van der Waals surface area contributed by atoms with Crippen LogP contribution in [0.15, 0.2) is 47.4 Å². The van der Waals surface area contributed by atoms with Gasteiger partial charge in [-0.2, -0.15) is 0 Å². The van der Waals surface area contributed by atoms with Gasteiger partial charge in [0.05, 0.1) is 24.7 Å². The van der Waals surface area contributed by atoms with Crippen molar-refractivity contribution in [3.63, 3.8) is 0 Å².